The molecule has 0 bridgehead atoms. The Bertz CT molecular complexity index is 1340. The van der Waals surface area contributed by atoms with Crippen molar-refractivity contribution in [3.8, 4) is 5.75 Å². The van der Waals surface area contributed by atoms with E-state index in [0.29, 0.717) is 4.47 Å². The number of nitro groups is 2. The average Bonchev–Trinajstić information content (AvgIpc) is 2.84. The maximum Gasteiger partial charge on any atom is 0.272 e. The molecule has 12 heteroatoms. The zero-order valence-electron chi connectivity index (χ0n) is 18.1. The second-order valence-electron chi connectivity index (χ2n) is 6.97. The number of non-ortho nitro benzene ring substituents is 2. The zero-order chi connectivity index (χ0) is 25.5. The van der Waals surface area contributed by atoms with E-state index < -0.39 is 21.7 Å². The second kappa shape index (κ2) is 11.0. The molecule has 0 aliphatic carbocycles. The predicted molar refractivity (Wildman–Crippen MR) is 131 cm³/mol. The first-order valence-corrected chi connectivity index (χ1v) is 10.6. The van der Waals surface area contributed by atoms with Crippen molar-refractivity contribution in [2.75, 3.05) is 12.4 Å². The number of rotatable bonds is 8. The van der Waals surface area contributed by atoms with Crippen LogP contribution in [0.25, 0.3) is 6.08 Å². The van der Waals surface area contributed by atoms with Crippen LogP contribution in [0.5, 0.6) is 5.75 Å². The number of carbonyl (C=O) groups excluding carboxylic acids is 2. The number of hydrogen-bond donors (Lipinski definition) is 2. The Balaban J connectivity index is 1.96. The van der Waals surface area contributed by atoms with Crippen LogP contribution in [0.15, 0.2) is 76.9 Å². The molecule has 0 saturated carbocycles. The monoisotopic (exact) mass is 540 g/mol. The largest absolute Gasteiger partial charge is 0.496 e. The fourth-order valence-corrected chi connectivity index (χ4v) is 3.33. The van der Waals surface area contributed by atoms with Crippen molar-refractivity contribution in [2.24, 2.45) is 0 Å². The number of amides is 2. The number of halogens is 1. The van der Waals surface area contributed by atoms with E-state index in [0.717, 1.165) is 0 Å². The highest BCUT2D eigenvalue weighted by Gasteiger charge is 2.19. The van der Waals surface area contributed by atoms with Crippen molar-refractivity contribution in [2.45, 2.75) is 0 Å². The minimum Gasteiger partial charge on any atom is -0.496 e. The number of benzene rings is 3. The molecule has 0 aliphatic heterocycles. The molecule has 3 aromatic carbocycles. The lowest BCUT2D eigenvalue weighted by Crippen LogP contribution is -2.31. The standard InChI is InChI=1S/C23H17BrN4O7/c1-35-21-10-5-15(24)13-19(21)22(29)26-20(12-14-3-2-4-18(11-14)28(33)34)23(30)25-16-6-8-17(9-7-16)27(31)32/h2-13H,1H3,(H,25,30)(H,26,29). The second-order valence-corrected chi connectivity index (χ2v) is 7.88. The summed E-state index contributed by atoms with van der Waals surface area (Å²) in [6.07, 6.45) is 1.27. The third-order valence-electron chi connectivity index (χ3n) is 4.63. The highest BCUT2D eigenvalue weighted by molar-refractivity contribution is 9.10. The molecular weight excluding hydrogens is 524 g/mol. The molecular formula is C23H17BrN4O7. The number of carbonyl (C=O) groups is 2. The normalized spacial score (nSPS) is 10.9. The predicted octanol–water partition coefficient (Wildman–Crippen LogP) is 4.68. The van der Waals surface area contributed by atoms with E-state index in [1.807, 2.05) is 0 Å². The van der Waals surface area contributed by atoms with Crippen molar-refractivity contribution < 1.29 is 24.2 Å². The van der Waals surface area contributed by atoms with E-state index in [2.05, 4.69) is 26.6 Å². The van der Waals surface area contributed by atoms with Crippen LogP contribution in [0, 0.1) is 20.2 Å². The molecule has 3 rings (SSSR count). The first-order valence-electron chi connectivity index (χ1n) is 9.85. The molecule has 2 N–H and O–H groups in total. The van der Waals surface area contributed by atoms with Gasteiger partial charge in [-0.15, -0.1) is 0 Å². The van der Waals surface area contributed by atoms with Crippen molar-refractivity contribution >= 4 is 50.9 Å². The number of nitrogens with zero attached hydrogens (tertiary/aromatic N) is 2. The van der Waals surface area contributed by atoms with Gasteiger partial charge in [0.15, 0.2) is 0 Å². The quantitative estimate of drug-likeness (QED) is 0.238. The molecule has 0 fully saturated rings. The fraction of sp³-hybridized carbons (Fsp3) is 0.0435. The van der Waals surface area contributed by atoms with E-state index in [-0.39, 0.29) is 39.6 Å². The van der Waals surface area contributed by atoms with Crippen LogP contribution >= 0.6 is 15.9 Å². The number of nitrogens with one attached hydrogen (secondary N) is 2. The van der Waals surface area contributed by atoms with Crippen LogP contribution in [0.1, 0.15) is 15.9 Å². The Hall–Kier alpha value is -4.58. The van der Waals surface area contributed by atoms with Gasteiger partial charge in [-0.3, -0.25) is 29.8 Å². The van der Waals surface area contributed by atoms with Gasteiger partial charge in [0.2, 0.25) is 0 Å². The Morgan fingerprint density at radius 1 is 0.943 bits per heavy atom. The smallest absolute Gasteiger partial charge is 0.272 e. The molecule has 0 aromatic heterocycles. The third-order valence-corrected chi connectivity index (χ3v) is 5.12. The third kappa shape index (κ3) is 6.48. The number of hydrogen-bond acceptors (Lipinski definition) is 7. The molecule has 0 saturated heterocycles. The maximum atomic E-state index is 13.0. The molecule has 3 aromatic rings. The van der Waals surface area contributed by atoms with Crippen LogP contribution < -0.4 is 15.4 Å². The molecule has 2 amide bonds. The Morgan fingerprint density at radius 2 is 1.63 bits per heavy atom. The summed E-state index contributed by atoms with van der Waals surface area (Å²) < 4.78 is 5.82. The van der Waals surface area contributed by atoms with Gasteiger partial charge in [0.25, 0.3) is 23.2 Å². The highest BCUT2D eigenvalue weighted by Crippen LogP contribution is 2.24. The van der Waals surface area contributed by atoms with Crippen molar-refractivity contribution in [1.29, 1.82) is 0 Å². The lowest BCUT2D eigenvalue weighted by molar-refractivity contribution is -0.385. The van der Waals surface area contributed by atoms with Gasteiger partial charge < -0.3 is 15.4 Å². The molecule has 0 radical (unpaired) electrons. The molecule has 0 aliphatic rings. The summed E-state index contributed by atoms with van der Waals surface area (Å²) in [6.45, 7) is 0. The van der Waals surface area contributed by atoms with Crippen LogP contribution in [0.3, 0.4) is 0 Å². The minimum atomic E-state index is -0.757. The molecule has 0 unspecified atom stereocenters. The molecule has 0 heterocycles. The molecule has 0 atom stereocenters. The number of nitro benzene ring substituents is 2. The van der Waals surface area contributed by atoms with E-state index in [1.54, 1.807) is 12.1 Å². The first-order chi connectivity index (χ1) is 16.7. The lowest BCUT2D eigenvalue weighted by Gasteiger charge is -2.13. The summed E-state index contributed by atoms with van der Waals surface area (Å²) in [5, 5.41) is 27.0. The first kappa shape index (κ1) is 25.1. The summed E-state index contributed by atoms with van der Waals surface area (Å²) in [4.78, 5) is 46.9. The number of ether oxygens (including phenoxy) is 1. The maximum absolute atomic E-state index is 13.0. The van der Waals surface area contributed by atoms with E-state index in [9.17, 15) is 29.8 Å². The fourth-order valence-electron chi connectivity index (χ4n) is 2.97. The van der Waals surface area contributed by atoms with Crippen molar-refractivity contribution in [3.63, 3.8) is 0 Å². The topological polar surface area (TPSA) is 154 Å². The Morgan fingerprint density at radius 3 is 2.26 bits per heavy atom. The minimum absolute atomic E-state index is 0.134. The van der Waals surface area contributed by atoms with E-state index in [4.69, 9.17) is 4.74 Å². The summed E-state index contributed by atoms with van der Waals surface area (Å²) in [5.74, 6) is -1.16. The number of methoxy groups -OCH3 is 1. The van der Waals surface area contributed by atoms with Gasteiger partial charge in [-0.1, -0.05) is 28.1 Å². The molecule has 0 spiro atoms. The zero-order valence-corrected chi connectivity index (χ0v) is 19.6. The van der Waals surface area contributed by atoms with Crippen LogP contribution in [-0.4, -0.2) is 28.8 Å². The van der Waals surface area contributed by atoms with Crippen LogP contribution in [0.2, 0.25) is 0 Å². The van der Waals surface area contributed by atoms with Gasteiger partial charge in [0, 0.05) is 34.4 Å². The van der Waals surface area contributed by atoms with Crippen molar-refractivity contribution in [3.05, 3.63) is 108 Å². The summed E-state index contributed by atoms with van der Waals surface area (Å²) in [5.41, 5.74) is 0.0690. The lowest BCUT2D eigenvalue weighted by atomic mass is 10.1. The van der Waals surface area contributed by atoms with Crippen LogP contribution in [0.4, 0.5) is 17.1 Å². The van der Waals surface area contributed by atoms with Gasteiger partial charge in [-0.25, -0.2) is 0 Å². The number of anilines is 1. The Kier molecular flexibility index (Phi) is 7.89. The molecule has 178 valence electrons. The highest BCUT2D eigenvalue weighted by atomic mass is 79.9. The van der Waals surface area contributed by atoms with Gasteiger partial charge in [0.05, 0.1) is 22.5 Å². The summed E-state index contributed by atoms with van der Waals surface area (Å²) >= 11 is 3.28. The van der Waals surface area contributed by atoms with Gasteiger partial charge >= 0.3 is 0 Å². The molecule has 35 heavy (non-hydrogen) atoms. The molecule has 11 nitrogen and oxygen atoms in total. The average molecular weight is 541 g/mol. The Labute approximate surface area is 206 Å². The van der Waals surface area contributed by atoms with Crippen LogP contribution in [-0.2, 0) is 4.79 Å². The van der Waals surface area contributed by atoms with E-state index in [1.165, 1.54) is 67.8 Å². The summed E-state index contributed by atoms with van der Waals surface area (Å²) in [7, 11) is 1.39. The van der Waals surface area contributed by atoms with E-state index >= 15 is 0 Å². The van der Waals surface area contributed by atoms with Gasteiger partial charge in [0.1, 0.15) is 11.4 Å². The SMILES string of the molecule is COc1ccc(Br)cc1C(=O)NC(=Cc1cccc([N+](=O)[O-])c1)C(=O)Nc1ccc([N+](=O)[O-])cc1. The van der Waals surface area contributed by atoms with Crippen molar-refractivity contribution in [1.82, 2.24) is 5.32 Å². The summed E-state index contributed by atoms with van der Waals surface area (Å²) in [6, 6.07) is 15.3. The van der Waals surface area contributed by atoms with Gasteiger partial charge in [-0.2, -0.15) is 0 Å². The van der Waals surface area contributed by atoms with Gasteiger partial charge in [-0.05, 0) is 42.0 Å².